The predicted octanol–water partition coefficient (Wildman–Crippen LogP) is 2.66. The molecule has 1 atom stereocenters. The van der Waals surface area contributed by atoms with Gasteiger partial charge < -0.3 is 4.90 Å². The molecule has 1 aliphatic rings. The Morgan fingerprint density at radius 2 is 2.00 bits per heavy atom. The number of hydrogen-bond acceptors (Lipinski definition) is 4. The van der Waals surface area contributed by atoms with E-state index in [1.165, 1.54) is 4.88 Å². The summed E-state index contributed by atoms with van der Waals surface area (Å²) in [5.41, 5.74) is 0. The van der Waals surface area contributed by atoms with Gasteiger partial charge in [0.05, 0.1) is 10.9 Å². The molecule has 4 heteroatoms. The van der Waals surface area contributed by atoms with E-state index in [4.69, 9.17) is 0 Å². The van der Waals surface area contributed by atoms with Gasteiger partial charge in [-0.25, -0.2) is 0 Å². The Morgan fingerprint density at radius 3 is 2.53 bits per heavy atom. The van der Waals surface area contributed by atoms with E-state index in [1.54, 1.807) is 11.3 Å². The summed E-state index contributed by atoms with van der Waals surface area (Å²) in [5.74, 6) is 0.324. The molecule has 1 aromatic heterocycles. The molecule has 0 saturated carbocycles. The van der Waals surface area contributed by atoms with Crippen molar-refractivity contribution >= 4 is 17.1 Å². The summed E-state index contributed by atoms with van der Waals surface area (Å²) in [5, 5.41) is 0. The number of thiophene rings is 1. The van der Waals surface area contributed by atoms with Crippen molar-refractivity contribution in [3.63, 3.8) is 0 Å². The number of carbonyl (C=O) groups excluding carboxylic acids is 1. The lowest BCUT2D eigenvalue weighted by atomic mass is 10.0. The van der Waals surface area contributed by atoms with Gasteiger partial charge in [-0.3, -0.25) is 9.69 Å². The van der Waals surface area contributed by atoms with Gasteiger partial charge in [0.1, 0.15) is 0 Å². The van der Waals surface area contributed by atoms with Crippen LogP contribution in [0.25, 0.3) is 0 Å². The minimum absolute atomic E-state index is 0.0803. The second-order valence-corrected chi connectivity index (χ2v) is 6.71. The fourth-order valence-corrected chi connectivity index (χ4v) is 3.47. The van der Waals surface area contributed by atoms with Crippen molar-refractivity contribution < 1.29 is 4.79 Å². The van der Waals surface area contributed by atoms with E-state index in [0.717, 1.165) is 43.9 Å². The van der Waals surface area contributed by atoms with Crippen LogP contribution in [-0.4, -0.2) is 54.9 Å². The lowest BCUT2D eigenvalue weighted by Crippen LogP contribution is -2.51. The summed E-state index contributed by atoms with van der Waals surface area (Å²) in [6.45, 7) is 8.38. The molecular formula is C15H24N2OS. The molecule has 1 aromatic rings. The average molecular weight is 280 g/mol. The first kappa shape index (κ1) is 14.7. The number of Topliss-reactive ketones (excluding diaryl/α,β-unsaturated/α-hetero) is 1. The zero-order valence-electron chi connectivity index (χ0n) is 12.2. The van der Waals surface area contributed by atoms with Crippen molar-refractivity contribution in [3.8, 4) is 0 Å². The van der Waals surface area contributed by atoms with E-state index in [2.05, 4.69) is 30.7 Å². The van der Waals surface area contributed by atoms with Gasteiger partial charge in [-0.1, -0.05) is 13.3 Å². The molecule has 3 nitrogen and oxygen atoms in total. The van der Waals surface area contributed by atoms with Crippen molar-refractivity contribution in [2.45, 2.75) is 32.7 Å². The first-order valence-electron chi connectivity index (χ1n) is 7.15. The zero-order valence-corrected chi connectivity index (χ0v) is 13.0. The van der Waals surface area contributed by atoms with Crippen LogP contribution >= 0.6 is 11.3 Å². The third-order valence-corrected chi connectivity index (χ3v) is 4.84. The minimum Gasteiger partial charge on any atom is -0.304 e. The van der Waals surface area contributed by atoms with Crippen molar-refractivity contribution in [2.75, 3.05) is 33.2 Å². The van der Waals surface area contributed by atoms with Crippen LogP contribution in [0.3, 0.4) is 0 Å². The van der Waals surface area contributed by atoms with Crippen LogP contribution < -0.4 is 0 Å². The molecule has 106 valence electrons. The average Bonchev–Trinajstić information content (AvgIpc) is 2.83. The SMILES string of the molecule is CCCC(C(=O)c1ccc(C)s1)N1CCN(C)CC1. The molecule has 1 unspecified atom stereocenters. The first-order chi connectivity index (χ1) is 9.11. The molecule has 0 bridgehead atoms. The summed E-state index contributed by atoms with van der Waals surface area (Å²) in [6, 6.07) is 4.11. The number of ketones is 1. The molecule has 1 saturated heterocycles. The summed E-state index contributed by atoms with van der Waals surface area (Å²) in [4.78, 5) is 19.5. The molecule has 1 aliphatic heterocycles. The number of likely N-dealkylation sites (N-methyl/N-ethyl adjacent to an activating group) is 1. The maximum atomic E-state index is 12.7. The van der Waals surface area contributed by atoms with Crippen molar-refractivity contribution in [2.24, 2.45) is 0 Å². The quantitative estimate of drug-likeness (QED) is 0.775. The van der Waals surface area contributed by atoms with Gasteiger partial charge in [-0.15, -0.1) is 11.3 Å². The smallest absolute Gasteiger partial charge is 0.189 e. The van der Waals surface area contributed by atoms with Gasteiger partial charge in [0, 0.05) is 31.1 Å². The molecule has 2 rings (SSSR count). The largest absolute Gasteiger partial charge is 0.304 e. The van der Waals surface area contributed by atoms with Gasteiger partial charge in [-0.2, -0.15) is 0 Å². The van der Waals surface area contributed by atoms with Gasteiger partial charge in [0.25, 0.3) is 0 Å². The fraction of sp³-hybridized carbons (Fsp3) is 0.667. The molecule has 0 N–H and O–H groups in total. The van der Waals surface area contributed by atoms with Crippen molar-refractivity contribution in [1.82, 2.24) is 9.80 Å². The van der Waals surface area contributed by atoms with Crippen LogP contribution in [-0.2, 0) is 0 Å². The molecule has 0 radical (unpaired) electrons. The van der Waals surface area contributed by atoms with Crippen LogP contribution in [0.1, 0.15) is 34.3 Å². The summed E-state index contributed by atoms with van der Waals surface area (Å²) in [6.07, 6.45) is 2.03. The molecule has 0 aliphatic carbocycles. The summed E-state index contributed by atoms with van der Waals surface area (Å²) >= 11 is 1.63. The number of nitrogens with zero attached hydrogens (tertiary/aromatic N) is 2. The van der Waals surface area contributed by atoms with E-state index < -0.39 is 0 Å². The third-order valence-electron chi connectivity index (χ3n) is 3.83. The highest BCUT2D eigenvalue weighted by Crippen LogP contribution is 2.21. The van der Waals surface area contributed by atoms with E-state index in [0.29, 0.717) is 5.78 Å². The highest BCUT2D eigenvalue weighted by molar-refractivity contribution is 7.14. The third kappa shape index (κ3) is 3.65. The van der Waals surface area contributed by atoms with E-state index in [9.17, 15) is 4.79 Å². The van der Waals surface area contributed by atoms with E-state index in [-0.39, 0.29) is 6.04 Å². The second kappa shape index (κ2) is 6.64. The maximum absolute atomic E-state index is 12.7. The number of piperazine rings is 1. The Morgan fingerprint density at radius 1 is 1.32 bits per heavy atom. The molecule has 0 spiro atoms. The van der Waals surface area contributed by atoms with Gasteiger partial charge in [-0.05, 0) is 32.5 Å². The highest BCUT2D eigenvalue weighted by Gasteiger charge is 2.28. The highest BCUT2D eigenvalue weighted by atomic mass is 32.1. The van der Waals surface area contributed by atoms with Gasteiger partial charge >= 0.3 is 0 Å². The molecule has 0 amide bonds. The second-order valence-electron chi connectivity index (χ2n) is 5.42. The Hall–Kier alpha value is -0.710. The minimum atomic E-state index is 0.0803. The Kier molecular flexibility index (Phi) is 5.13. The predicted molar refractivity (Wildman–Crippen MR) is 81.2 cm³/mol. The van der Waals surface area contributed by atoms with Crippen LogP contribution in [0.2, 0.25) is 0 Å². The van der Waals surface area contributed by atoms with Crippen molar-refractivity contribution in [1.29, 1.82) is 0 Å². The molecule has 2 heterocycles. The molecular weight excluding hydrogens is 256 g/mol. The van der Waals surface area contributed by atoms with Gasteiger partial charge in [0.2, 0.25) is 0 Å². The molecule has 1 fully saturated rings. The van der Waals surface area contributed by atoms with Crippen LogP contribution in [0, 0.1) is 6.92 Å². The number of aryl methyl sites for hydroxylation is 1. The number of rotatable bonds is 5. The van der Waals surface area contributed by atoms with Crippen LogP contribution in [0.4, 0.5) is 0 Å². The Labute approximate surface area is 120 Å². The normalized spacial score (nSPS) is 19.5. The summed E-state index contributed by atoms with van der Waals surface area (Å²) < 4.78 is 0. The first-order valence-corrected chi connectivity index (χ1v) is 7.96. The van der Waals surface area contributed by atoms with E-state index in [1.807, 2.05) is 12.1 Å². The fourth-order valence-electron chi connectivity index (χ4n) is 2.62. The van der Waals surface area contributed by atoms with E-state index >= 15 is 0 Å². The topological polar surface area (TPSA) is 23.6 Å². The number of carbonyl (C=O) groups is 1. The maximum Gasteiger partial charge on any atom is 0.189 e. The monoisotopic (exact) mass is 280 g/mol. The Balaban J connectivity index is 2.08. The summed E-state index contributed by atoms with van der Waals surface area (Å²) in [7, 11) is 2.15. The zero-order chi connectivity index (χ0) is 13.8. The lowest BCUT2D eigenvalue weighted by Gasteiger charge is -2.37. The van der Waals surface area contributed by atoms with Crippen molar-refractivity contribution in [3.05, 3.63) is 21.9 Å². The molecule has 0 aromatic carbocycles. The Bertz CT molecular complexity index is 422. The van der Waals surface area contributed by atoms with Crippen LogP contribution in [0.5, 0.6) is 0 Å². The lowest BCUT2D eigenvalue weighted by molar-refractivity contribution is 0.0690. The standard InChI is InChI=1S/C15H24N2OS/c1-4-5-13(17-10-8-16(3)9-11-17)15(18)14-7-6-12(2)19-14/h6-7,13H,4-5,8-11H2,1-3H3. The van der Waals surface area contributed by atoms with Gasteiger partial charge in [0.15, 0.2) is 5.78 Å². The number of hydrogen-bond donors (Lipinski definition) is 0. The van der Waals surface area contributed by atoms with Crippen LogP contribution in [0.15, 0.2) is 12.1 Å². The molecule has 19 heavy (non-hydrogen) atoms.